The number of likely N-dealkylation sites (tertiary alicyclic amines) is 1. The molecule has 2 amide bonds. The summed E-state index contributed by atoms with van der Waals surface area (Å²) < 4.78 is 0. The van der Waals surface area contributed by atoms with E-state index in [1.807, 2.05) is 0 Å². The zero-order valence-corrected chi connectivity index (χ0v) is 12.1. The second kappa shape index (κ2) is 7.62. The Morgan fingerprint density at radius 1 is 1.20 bits per heavy atom. The van der Waals surface area contributed by atoms with Crippen molar-refractivity contribution in [3.8, 4) is 0 Å². The standard InChI is InChI=1S/C15H26N2O3/c18-11-12-5-7-13(8-6-12)16-14(19)10-17-9-3-1-2-4-15(17)20/h12-13,18H,1-11H2,(H,16,19). The van der Waals surface area contributed by atoms with Crippen molar-refractivity contribution in [3.63, 3.8) is 0 Å². The highest BCUT2D eigenvalue weighted by Crippen LogP contribution is 2.23. The molecular formula is C15H26N2O3. The molecule has 2 fully saturated rings. The van der Waals surface area contributed by atoms with E-state index in [9.17, 15) is 9.59 Å². The van der Waals surface area contributed by atoms with Crippen LogP contribution in [0.5, 0.6) is 0 Å². The number of aliphatic hydroxyl groups excluding tert-OH is 1. The molecule has 5 nitrogen and oxygen atoms in total. The van der Waals surface area contributed by atoms with Gasteiger partial charge < -0.3 is 15.3 Å². The molecule has 0 bridgehead atoms. The fourth-order valence-corrected chi connectivity index (χ4v) is 3.14. The number of hydrogen-bond acceptors (Lipinski definition) is 3. The van der Waals surface area contributed by atoms with Crippen molar-refractivity contribution < 1.29 is 14.7 Å². The quantitative estimate of drug-likeness (QED) is 0.810. The van der Waals surface area contributed by atoms with Gasteiger partial charge in [-0.05, 0) is 44.4 Å². The Morgan fingerprint density at radius 2 is 1.95 bits per heavy atom. The van der Waals surface area contributed by atoms with E-state index in [4.69, 9.17) is 5.11 Å². The molecule has 0 unspecified atom stereocenters. The summed E-state index contributed by atoms with van der Waals surface area (Å²) in [5.74, 6) is 0.477. The number of carbonyl (C=O) groups excluding carboxylic acids is 2. The maximum absolute atomic E-state index is 12.0. The molecule has 1 heterocycles. The highest BCUT2D eigenvalue weighted by molar-refractivity contribution is 5.85. The van der Waals surface area contributed by atoms with Crippen LogP contribution in [-0.4, -0.2) is 47.6 Å². The van der Waals surface area contributed by atoms with Crippen LogP contribution >= 0.6 is 0 Å². The Kier molecular flexibility index (Phi) is 5.83. The van der Waals surface area contributed by atoms with E-state index in [0.717, 1.165) is 44.9 Å². The molecule has 1 aliphatic carbocycles. The number of nitrogens with zero attached hydrogens (tertiary/aromatic N) is 1. The van der Waals surface area contributed by atoms with Gasteiger partial charge in [0.05, 0.1) is 6.54 Å². The predicted octanol–water partition coefficient (Wildman–Crippen LogP) is 1.06. The van der Waals surface area contributed by atoms with E-state index >= 15 is 0 Å². The van der Waals surface area contributed by atoms with E-state index in [0.29, 0.717) is 18.9 Å². The van der Waals surface area contributed by atoms with Crippen molar-refractivity contribution in [1.82, 2.24) is 10.2 Å². The van der Waals surface area contributed by atoms with Gasteiger partial charge in [-0.3, -0.25) is 9.59 Å². The fraction of sp³-hybridized carbons (Fsp3) is 0.867. The van der Waals surface area contributed by atoms with Crippen LogP contribution in [0.25, 0.3) is 0 Å². The number of rotatable bonds is 4. The second-order valence-electron chi connectivity index (χ2n) is 6.09. The van der Waals surface area contributed by atoms with Gasteiger partial charge in [0.25, 0.3) is 0 Å². The summed E-state index contributed by atoms with van der Waals surface area (Å²) in [4.78, 5) is 25.6. The first-order chi connectivity index (χ1) is 9.69. The third kappa shape index (κ3) is 4.47. The van der Waals surface area contributed by atoms with Gasteiger partial charge >= 0.3 is 0 Å². The number of aliphatic hydroxyl groups is 1. The third-order valence-electron chi connectivity index (χ3n) is 4.48. The Hall–Kier alpha value is -1.10. The zero-order valence-electron chi connectivity index (χ0n) is 12.1. The van der Waals surface area contributed by atoms with Gasteiger partial charge in [0.2, 0.25) is 11.8 Å². The lowest BCUT2D eigenvalue weighted by Gasteiger charge is -2.29. The molecule has 5 heteroatoms. The number of nitrogens with one attached hydrogen (secondary N) is 1. The first-order valence-corrected chi connectivity index (χ1v) is 7.87. The molecule has 2 N–H and O–H groups in total. The summed E-state index contributed by atoms with van der Waals surface area (Å²) in [7, 11) is 0. The van der Waals surface area contributed by atoms with Crippen molar-refractivity contribution in [2.75, 3.05) is 19.7 Å². The Labute approximate surface area is 120 Å². The third-order valence-corrected chi connectivity index (χ3v) is 4.48. The van der Waals surface area contributed by atoms with Crippen molar-refractivity contribution >= 4 is 11.8 Å². The monoisotopic (exact) mass is 282 g/mol. The first-order valence-electron chi connectivity index (χ1n) is 7.87. The topological polar surface area (TPSA) is 69.6 Å². The van der Waals surface area contributed by atoms with Crippen LogP contribution in [0.15, 0.2) is 0 Å². The molecule has 0 atom stereocenters. The van der Waals surface area contributed by atoms with E-state index in [1.165, 1.54) is 0 Å². The molecule has 0 aromatic rings. The average molecular weight is 282 g/mol. The highest BCUT2D eigenvalue weighted by atomic mass is 16.3. The summed E-state index contributed by atoms with van der Waals surface area (Å²) in [6.07, 6.45) is 7.43. The smallest absolute Gasteiger partial charge is 0.239 e. The maximum atomic E-state index is 12.0. The minimum atomic E-state index is -0.0345. The number of carbonyl (C=O) groups is 2. The predicted molar refractivity (Wildman–Crippen MR) is 76.0 cm³/mol. The summed E-state index contributed by atoms with van der Waals surface area (Å²) in [6, 6.07) is 0.215. The molecule has 0 aromatic heterocycles. The van der Waals surface area contributed by atoms with E-state index in [2.05, 4.69) is 5.32 Å². The molecule has 2 rings (SSSR count). The van der Waals surface area contributed by atoms with Gasteiger partial charge in [0.1, 0.15) is 0 Å². The van der Waals surface area contributed by atoms with Gasteiger partial charge in [-0.1, -0.05) is 6.42 Å². The molecule has 1 saturated heterocycles. The van der Waals surface area contributed by atoms with Gasteiger partial charge in [-0.25, -0.2) is 0 Å². The summed E-state index contributed by atoms with van der Waals surface area (Å²) >= 11 is 0. The lowest BCUT2D eigenvalue weighted by Crippen LogP contribution is -2.45. The van der Waals surface area contributed by atoms with Crippen molar-refractivity contribution in [1.29, 1.82) is 0 Å². The van der Waals surface area contributed by atoms with Gasteiger partial charge in [0, 0.05) is 25.6 Å². The zero-order chi connectivity index (χ0) is 14.4. The minimum Gasteiger partial charge on any atom is -0.396 e. The lowest BCUT2D eigenvalue weighted by molar-refractivity contribution is -0.135. The normalized spacial score (nSPS) is 28.1. The largest absolute Gasteiger partial charge is 0.396 e. The number of amides is 2. The van der Waals surface area contributed by atoms with E-state index in [1.54, 1.807) is 4.90 Å². The van der Waals surface area contributed by atoms with Crippen molar-refractivity contribution in [2.45, 2.75) is 57.4 Å². The Bertz CT molecular complexity index is 338. The van der Waals surface area contributed by atoms with Crippen LogP contribution in [0.1, 0.15) is 51.4 Å². The first kappa shape index (κ1) is 15.3. The number of hydrogen-bond donors (Lipinski definition) is 2. The molecule has 0 aromatic carbocycles. The molecule has 0 radical (unpaired) electrons. The molecule has 2 aliphatic rings. The van der Waals surface area contributed by atoms with Crippen LogP contribution in [-0.2, 0) is 9.59 Å². The second-order valence-corrected chi connectivity index (χ2v) is 6.09. The van der Waals surface area contributed by atoms with Crippen molar-refractivity contribution in [3.05, 3.63) is 0 Å². The van der Waals surface area contributed by atoms with Gasteiger partial charge in [-0.2, -0.15) is 0 Å². The van der Waals surface area contributed by atoms with Crippen LogP contribution in [0.4, 0.5) is 0 Å². The van der Waals surface area contributed by atoms with E-state index < -0.39 is 0 Å². The lowest BCUT2D eigenvalue weighted by atomic mass is 9.86. The van der Waals surface area contributed by atoms with Crippen LogP contribution in [0.3, 0.4) is 0 Å². The summed E-state index contributed by atoms with van der Waals surface area (Å²) in [5, 5.41) is 12.1. The molecule has 1 aliphatic heterocycles. The van der Waals surface area contributed by atoms with Gasteiger partial charge in [-0.15, -0.1) is 0 Å². The van der Waals surface area contributed by atoms with Crippen molar-refractivity contribution in [2.24, 2.45) is 5.92 Å². The minimum absolute atomic E-state index is 0.0345. The van der Waals surface area contributed by atoms with Crippen LogP contribution in [0.2, 0.25) is 0 Å². The Morgan fingerprint density at radius 3 is 2.65 bits per heavy atom. The molecule has 114 valence electrons. The molecule has 1 saturated carbocycles. The average Bonchev–Trinajstić information content (AvgIpc) is 2.65. The molecule has 0 spiro atoms. The summed E-state index contributed by atoms with van der Waals surface area (Å²) in [5.41, 5.74) is 0. The molecular weight excluding hydrogens is 256 g/mol. The maximum Gasteiger partial charge on any atom is 0.239 e. The fourth-order valence-electron chi connectivity index (χ4n) is 3.14. The van der Waals surface area contributed by atoms with Crippen LogP contribution < -0.4 is 5.32 Å². The van der Waals surface area contributed by atoms with Gasteiger partial charge in [0.15, 0.2) is 0 Å². The molecule has 20 heavy (non-hydrogen) atoms. The highest BCUT2D eigenvalue weighted by Gasteiger charge is 2.24. The van der Waals surface area contributed by atoms with E-state index in [-0.39, 0.29) is 31.0 Å². The Balaban J connectivity index is 1.73. The SMILES string of the molecule is O=C(CN1CCCCCC1=O)NC1CCC(CO)CC1. The van der Waals surface area contributed by atoms with Crippen LogP contribution in [0, 0.1) is 5.92 Å². The summed E-state index contributed by atoms with van der Waals surface area (Å²) in [6.45, 7) is 1.17.